The van der Waals surface area contributed by atoms with Gasteiger partial charge in [-0.2, -0.15) is 0 Å². The fourth-order valence-corrected chi connectivity index (χ4v) is 4.52. The van der Waals surface area contributed by atoms with Crippen LogP contribution in [0.1, 0.15) is 25.7 Å². The lowest BCUT2D eigenvalue weighted by molar-refractivity contribution is -0.387. The van der Waals surface area contributed by atoms with E-state index in [4.69, 9.17) is 14.6 Å². The van der Waals surface area contributed by atoms with Crippen LogP contribution in [0.2, 0.25) is 0 Å². The minimum absolute atomic E-state index is 0.104. The predicted molar refractivity (Wildman–Crippen MR) is 93.6 cm³/mol. The third kappa shape index (κ3) is 3.98. The average molecular weight is 385 g/mol. The van der Waals surface area contributed by atoms with Crippen molar-refractivity contribution < 1.29 is 22.8 Å². The second kappa shape index (κ2) is 7.47. The maximum absolute atomic E-state index is 11.7. The first kappa shape index (κ1) is 19.0. The van der Waals surface area contributed by atoms with E-state index < -0.39 is 25.5 Å². The van der Waals surface area contributed by atoms with Gasteiger partial charge in [0.05, 0.1) is 23.7 Å². The number of sulfonamides is 1. The van der Waals surface area contributed by atoms with E-state index in [0.717, 1.165) is 50.9 Å². The van der Waals surface area contributed by atoms with Crippen molar-refractivity contribution >= 4 is 15.7 Å². The fourth-order valence-electron chi connectivity index (χ4n) is 3.80. The summed E-state index contributed by atoms with van der Waals surface area (Å²) < 4.78 is 34.7. The van der Waals surface area contributed by atoms with Gasteiger partial charge in [0.25, 0.3) is 5.69 Å². The minimum atomic E-state index is -4.22. The summed E-state index contributed by atoms with van der Waals surface area (Å²) in [7, 11) is -4.22. The molecule has 2 fully saturated rings. The van der Waals surface area contributed by atoms with Gasteiger partial charge < -0.3 is 9.47 Å². The van der Waals surface area contributed by atoms with Crippen LogP contribution in [0, 0.1) is 10.1 Å². The zero-order chi connectivity index (χ0) is 18.8. The predicted octanol–water partition coefficient (Wildman–Crippen LogP) is 1.27. The molecule has 1 aromatic rings. The molecule has 26 heavy (non-hydrogen) atoms. The van der Waals surface area contributed by atoms with Crippen LogP contribution < -0.4 is 9.88 Å². The molecule has 0 aromatic heterocycles. The van der Waals surface area contributed by atoms with Crippen LogP contribution in [0.4, 0.5) is 5.69 Å². The first-order valence-corrected chi connectivity index (χ1v) is 10.1. The zero-order valence-electron chi connectivity index (χ0n) is 14.4. The lowest BCUT2D eigenvalue weighted by atomic mass is 9.95. The summed E-state index contributed by atoms with van der Waals surface area (Å²) in [4.78, 5) is 12.1. The van der Waals surface area contributed by atoms with Gasteiger partial charge in [-0.25, -0.2) is 13.6 Å². The molecule has 1 aliphatic carbocycles. The molecule has 1 saturated carbocycles. The lowest BCUT2D eigenvalue weighted by Crippen LogP contribution is -2.55. The van der Waals surface area contributed by atoms with Crippen LogP contribution in [0.15, 0.2) is 23.1 Å². The van der Waals surface area contributed by atoms with Gasteiger partial charge in [-0.3, -0.25) is 15.0 Å². The number of morpholine rings is 1. The number of rotatable bonds is 6. The van der Waals surface area contributed by atoms with Gasteiger partial charge >= 0.3 is 0 Å². The van der Waals surface area contributed by atoms with Crippen LogP contribution in [0.25, 0.3) is 0 Å². The number of benzene rings is 1. The Morgan fingerprint density at radius 2 is 1.92 bits per heavy atom. The Hall–Kier alpha value is -1.75. The van der Waals surface area contributed by atoms with Crippen LogP contribution in [-0.4, -0.2) is 56.7 Å². The van der Waals surface area contributed by atoms with Crippen LogP contribution in [-0.2, 0) is 14.8 Å². The normalized spacial score (nSPS) is 20.8. The number of hydrogen-bond donors (Lipinski definition) is 1. The molecular weight excluding hydrogens is 362 g/mol. The van der Waals surface area contributed by atoms with Crippen LogP contribution >= 0.6 is 0 Å². The molecule has 10 heteroatoms. The average Bonchev–Trinajstić information content (AvgIpc) is 3.10. The Kier molecular flexibility index (Phi) is 5.47. The highest BCUT2D eigenvalue weighted by Gasteiger charge is 2.41. The molecule has 1 saturated heterocycles. The molecule has 0 unspecified atom stereocenters. The highest BCUT2D eigenvalue weighted by Crippen LogP contribution is 2.37. The standard InChI is InChI=1S/C16H23N3O6S/c17-26(22,23)15-11-13(3-4-14(15)19(20)21)25-12-16(5-1-2-6-16)18-7-9-24-10-8-18/h3-4,11H,1-2,5-10,12H2,(H2,17,22,23). The van der Waals surface area contributed by atoms with Crippen molar-refractivity contribution in [2.75, 3.05) is 32.9 Å². The fraction of sp³-hybridized carbons (Fsp3) is 0.625. The minimum Gasteiger partial charge on any atom is -0.492 e. The van der Waals surface area contributed by atoms with E-state index in [1.165, 1.54) is 6.07 Å². The molecule has 0 bridgehead atoms. The van der Waals surface area contributed by atoms with E-state index in [1.807, 2.05) is 0 Å². The Balaban J connectivity index is 1.80. The maximum atomic E-state index is 11.7. The molecule has 1 aliphatic heterocycles. The smallest absolute Gasteiger partial charge is 0.289 e. The molecular formula is C16H23N3O6S. The number of primary sulfonamides is 1. The maximum Gasteiger partial charge on any atom is 0.289 e. The van der Waals surface area contributed by atoms with Gasteiger partial charge in [-0.05, 0) is 18.9 Å². The third-order valence-electron chi connectivity index (χ3n) is 5.16. The first-order valence-electron chi connectivity index (χ1n) is 8.59. The van der Waals surface area contributed by atoms with Crippen molar-refractivity contribution in [1.82, 2.24) is 4.90 Å². The molecule has 1 aromatic carbocycles. The summed E-state index contributed by atoms with van der Waals surface area (Å²) in [6.07, 6.45) is 4.23. The van der Waals surface area contributed by atoms with E-state index in [9.17, 15) is 18.5 Å². The van der Waals surface area contributed by atoms with Gasteiger partial charge in [0.15, 0.2) is 4.90 Å². The molecule has 1 heterocycles. The lowest BCUT2D eigenvalue weighted by Gasteiger charge is -2.43. The summed E-state index contributed by atoms with van der Waals surface area (Å²) in [6, 6.07) is 3.66. The van der Waals surface area contributed by atoms with Gasteiger partial charge in [0.2, 0.25) is 10.0 Å². The van der Waals surface area contributed by atoms with E-state index in [2.05, 4.69) is 4.90 Å². The molecule has 0 amide bonds. The van der Waals surface area contributed by atoms with E-state index in [0.29, 0.717) is 19.8 Å². The largest absolute Gasteiger partial charge is 0.492 e. The summed E-state index contributed by atoms with van der Waals surface area (Å²) in [5, 5.41) is 16.1. The number of ether oxygens (including phenoxy) is 2. The second-order valence-electron chi connectivity index (χ2n) is 6.75. The summed E-state index contributed by atoms with van der Waals surface area (Å²) in [6.45, 7) is 3.46. The van der Waals surface area contributed by atoms with E-state index >= 15 is 0 Å². The molecule has 0 spiro atoms. The highest BCUT2D eigenvalue weighted by atomic mass is 32.2. The molecule has 2 N–H and O–H groups in total. The summed E-state index contributed by atoms with van der Waals surface area (Å²) in [5.41, 5.74) is -0.656. The van der Waals surface area contributed by atoms with Crippen molar-refractivity contribution in [3.05, 3.63) is 28.3 Å². The summed E-state index contributed by atoms with van der Waals surface area (Å²) >= 11 is 0. The first-order chi connectivity index (χ1) is 12.3. The Labute approximate surface area is 152 Å². The van der Waals surface area contributed by atoms with Crippen molar-refractivity contribution in [1.29, 1.82) is 0 Å². The van der Waals surface area contributed by atoms with Crippen molar-refractivity contribution in [3.8, 4) is 5.75 Å². The Morgan fingerprint density at radius 3 is 2.50 bits per heavy atom. The highest BCUT2D eigenvalue weighted by molar-refractivity contribution is 7.89. The monoisotopic (exact) mass is 385 g/mol. The van der Waals surface area contributed by atoms with Crippen molar-refractivity contribution in [3.63, 3.8) is 0 Å². The van der Waals surface area contributed by atoms with Gasteiger partial charge in [0, 0.05) is 25.2 Å². The quantitative estimate of drug-likeness (QED) is 0.577. The topological polar surface area (TPSA) is 125 Å². The number of hydrogen-bond acceptors (Lipinski definition) is 7. The van der Waals surface area contributed by atoms with Gasteiger partial charge in [0.1, 0.15) is 12.4 Å². The molecule has 144 valence electrons. The van der Waals surface area contributed by atoms with Crippen LogP contribution in [0.5, 0.6) is 5.75 Å². The number of nitrogens with zero attached hydrogens (tertiary/aromatic N) is 2. The number of nitrogens with two attached hydrogens (primary N) is 1. The number of nitro benzene ring substituents is 1. The van der Waals surface area contributed by atoms with E-state index in [1.54, 1.807) is 0 Å². The molecule has 0 atom stereocenters. The van der Waals surface area contributed by atoms with E-state index in [-0.39, 0.29) is 11.3 Å². The van der Waals surface area contributed by atoms with Crippen molar-refractivity contribution in [2.45, 2.75) is 36.1 Å². The van der Waals surface area contributed by atoms with Crippen molar-refractivity contribution in [2.24, 2.45) is 5.14 Å². The molecule has 3 rings (SSSR count). The summed E-state index contributed by atoms with van der Waals surface area (Å²) in [5.74, 6) is 0.263. The second-order valence-corrected chi connectivity index (χ2v) is 8.28. The van der Waals surface area contributed by atoms with Crippen LogP contribution in [0.3, 0.4) is 0 Å². The zero-order valence-corrected chi connectivity index (χ0v) is 15.2. The van der Waals surface area contributed by atoms with Gasteiger partial charge in [-0.1, -0.05) is 12.8 Å². The Morgan fingerprint density at radius 1 is 1.27 bits per heavy atom. The molecule has 0 radical (unpaired) electrons. The third-order valence-corrected chi connectivity index (χ3v) is 6.10. The molecule has 9 nitrogen and oxygen atoms in total. The number of nitro groups is 1. The Bertz CT molecular complexity index is 770. The van der Waals surface area contributed by atoms with Gasteiger partial charge in [-0.15, -0.1) is 0 Å². The SMILES string of the molecule is NS(=O)(=O)c1cc(OCC2(N3CCOCC3)CCCC2)ccc1[N+](=O)[O-]. The molecule has 2 aliphatic rings.